The van der Waals surface area contributed by atoms with Crippen LogP contribution in [0, 0.1) is 0 Å². The van der Waals surface area contributed by atoms with Crippen molar-refractivity contribution in [1.82, 2.24) is 9.88 Å². The Labute approximate surface area is 132 Å². The van der Waals surface area contributed by atoms with Gasteiger partial charge in [-0.25, -0.2) is 4.98 Å². The summed E-state index contributed by atoms with van der Waals surface area (Å²) in [5.41, 5.74) is 2.55. The van der Waals surface area contributed by atoms with Crippen LogP contribution in [0.4, 0.5) is 5.69 Å². The van der Waals surface area contributed by atoms with Gasteiger partial charge in [-0.1, -0.05) is 32.9 Å². The first-order chi connectivity index (χ1) is 10.2. The average molecular weight is 303 g/mol. The molecule has 2 aromatic rings. The lowest BCUT2D eigenvalue weighted by atomic mass is 10.2. The van der Waals surface area contributed by atoms with Gasteiger partial charge in [-0.05, 0) is 37.2 Å². The molecule has 3 nitrogen and oxygen atoms in total. The zero-order valence-electron chi connectivity index (χ0n) is 13.2. The summed E-state index contributed by atoms with van der Waals surface area (Å²) in [5, 5.41) is 4.71. The van der Waals surface area contributed by atoms with E-state index in [-0.39, 0.29) is 0 Å². The third kappa shape index (κ3) is 4.83. The van der Waals surface area contributed by atoms with Crippen LogP contribution < -0.4 is 5.32 Å². The summed E-state index contributed by atoms with van der Waals surface area (Å²) in [4.78, 5) is 8.12. The second-order valence-corrected chi connectivity index (χ2v) is 6.29. The Morgan fingerprint density at radius 3 is 2.67 bits per heavy atom. The maximum Gasteiger partial charge on any atom is 0.0925 e. The first-order valence-electron chi connectivity index (χ1n) is 7.73. The van der Waals surface area contributed by atoms with E-state index in [1.165, 1.54) is 21.1 Å². The van der Waals surface area contributed by atoms with Gasteiger partial charge in [0.05, 0.1) is 11.6 Å². The zero-order valence-corrected chi connectivity index (χ0v) is 14.0. The molecule has 1 N–H and O–H groups in total. The Balaban J connectivity index is 1.94. The van der Waals surface area contributed by atoms with Gasteiger partial charge < -0.3 is 5.32 Å². The summed E-state index contributed by atoms with van der Waals surface area (Å²) < 4.78 is 0. The van der Waals surface area contributed by atoms with Crippen LogP contribution in [0.25, 0.3) is 0 Å². The molecule has 0 saturated heterocycles. The molecule has 4 heteroatoms. The van der Waals surface area contributed by atoms with E-state index >= 15 is 0 Å². The molecule has 0 aliphatic carbocycles. The summed E-state index contributed by atoms with van der Waals surface area (Å²) in [6.07, 6.45) is 3.00. The van der Waals surface area contributed by atoms with Crippen LogP contribution in [0.3, 0.4) is 0 Å². The third-order valence-electron chi connectivity index (χ3n) is 3.60. The molecule has 0 atom stereocenters. The number of aromatic nitrogens is 1. The number of hydrogen-bond acceptors (Lipinski definition) is 4. The summed E-state index contributed by atoms with van der Waals surface area (Å²) in [6, 6.07) is 8.71. The smallest absolute Gasteiger partial charge is 0.0925 e. The maximum absolute atomic E-state index is 4.40. The van der Waals surface area contributed by atoms with Gasteiger partial charge in [0.25, 0.3) is 0 Å². The fourth-order valence-corrected chi connectivity index (χ4v) is 3.07. The van der Waals surface area contributed by atoms with Crippen LogP contribution in [0.15, 0.2) is 30.5 Å². The highest BCUT2D eigenvalue weighted by Gasteiger charge is 2.03. The van der Waals surface area contributed by atoms with Gasteiger partial charge in [-0.2, -0.15) is 0 Å². The summed E-state index contributed by atoms with van der Waals surface area (Å²) >= 11 is 1.79. The molecule has 21 heavy (non-hydrogen) atoms. The molecular weight excluding hydrogens is 278 g/mol. The van der Waals surface area contributed by atoms with Gasteiger partial charge in [0.1, 0.15) is 0 Å². The standard InChI is InChI=1S/C17H25N3S/c1-4-17-19-12-16(21-17)11-18-15-9-7-8-14(10-15)13-20(5-2)6-3/h7-10,12,18H,4-6,11,13H2,1-3H3. The molecule has 114 valence electrons. The second kappa shape index (κ2) is 8.15. The van der Waals surface area contributed by atoms with Gasteiger partial charge in [-0.15, -0.1) is 11.3 Å². The summed E-state index contributed by atoms with van der Waals surface area (Å²) in [7, 11) is 0. The molecule has 0 aliphatic rings. The lowest BCUT2D eigenvalue weighted by molar-refractivity contribution is 0.296. The topological polar surface area (TPSA) is 28.2 Å². The van der Waals surface area contributed by atoms with Crippen LogP contribution >= 0.6 is 11.3 Å². The largest absolute Gasteiger partial charge is 0.380 e. The Morgan fingerprint density at radius 1 is 1.19 bits per heavy atom. The van der Waals surface area contributed by atoms with E-state index < -0.39 is 0 Å². The predicted octanol–water partition coefficient (Wildman–Crippen LogP) is 4.16. The summed E-state index contributed by atoms with van der Waals surface area (Å²) in [5.74, 6) is 0. The molecule has 0 radical (unpaired) electrons. The maximum atomic E-state index is 4.40. The van der Waals surface area contributed by atoms with Crippen molar-refractivity contribution in [1.29, 1.82) is 0 Å². The summed E-state index contributed by atoms with van der Waals surface area (Å²) in [6.45, 7) is 10.6. The number of benzene rings is 1. The zero-order chi connectivity index (χ0) is 15.1. The molecule has 0 bridgehead atoms. The van der Waals surface area contributed by atoms with Gasteiger partial charge in [0, 0.05) is 23.3 Å². The van der Waals surface area contributed by atoms with E-state index in [2.05, 4.69) is 60.2 Å². The Bertz CT molecular complexity index is 546. The number of hydrogen-bond donors (Lipinski definition) is 1. The average Bonchev–Trinajstić information content (AvgIpc) is 2.99. The van der Waals surface area contributed by atoms with Crippen LogP contribution in [-0.2, 0) is 19.5 Å². The van der Waals surface area contributed by atoms with Crippen molar-refractivity contribution in [2.75, 3.05) is 18.4 Å². The molecule has 0 saturated carbocycles. The van der Waals surface area contributed by atoms with E-state index in [1.807, 2.05) is 6.20 Å². The lowest BCUT2D eigenvalue weighted by Crippen LogP contribution is -2.22. The van der Waals surface area contributed by atoms with Crippen molar-refractivity contribution in [3.63, 3.8) is 0 Å². The number of rotatable bonds is 8. The van der Waals surface area contributed by atoms with Crippen molar-refractivity contribution in [3.8, 4) is 0 Å². The van der Waals surface area contributed by atoms with Crippen LogP contribution in [0.5, 0.6) is 0 Å². The van der Waals surface area contributed by atoms with Gasteiger partial charge in [-0.3, -0.25) is 4.90 Å². The Hall–Kier alpha value is -1.39. The molecular formula is C17H25N3S. The number of anilines is 1. The SMILES string of the molecule is CCc1ncc(CNc2cccc(CN(CC)CC)c2)s1. The molecule has 2 rings (SSSR count). The number of nitrogens with one attached hydrogen (secondary N) is 1. The van der Waals surface area contributed by atoms with Crippen LogP contribution in [0.2, 0.25) is 0 Å². The highest BCUT2D eigenvalue weighted by Crippen LogP contribution is 2.17. The highest BCUT2D eigenvalue weighted by atomic mass is 32.1. The van der Waals surface area contributed by atoms with Crippen molar-refractivity contribution < 1.29 is 0 Å². The third-order valence-corrected chi connectivity index (χ3v) is 4.74. The predicted molar refractivity (Wildman–Crippen MR) is 91.9 cm³/mol. The lowest BCUT2D eigenvalue weighted by Gasteiger charge is -2.18. The highest BCUT2D eigenvalue weighted by molar-refractivity contribution is 7.11. The van der Waals surface area contributed by atoms with Crippen molar-refractivity contribution in [3.05, 3.63) is 45.9 Å². The monoisotopic (exact) mass is 303 g/mol. The molecule has 1 aromatic carbocycles. The molecule has 0 aliphatic heterocycles. The van der Waals surface area contributed by atoms with Crippen LogP contribution in [0.1, 0.15) is 36.2 Å². The molecule has 0 spiro atoms. The molecule has 0 unspecified atom stereocenters. The van der Waals surface area contributed by atoms with Crippen LogP contribution in [-0.4, -0.2) is 23.0 Å². The molecule has 1 heterocycles. The van der Waals surface area contributed by atoms with Gasteiger partial charge in [0.15, 0.2) is 0 Å². The fourth-order valence-electron chi connectivity index (χ4n) is 2.27. The van der Waals surface area contributed by atoms with Crippen molar-refractivity contribution in [2.24, 2.45) is 0 Å². The van der Waals surface area contributed by atoms with E-state index in [0.717, 1.165) is 32.6 Å². The van der Waals surface area contributed by atoms with Gasteiger partial charge in [0.2, 0.25) is 0 Å². The minimum absolute atomic E-state index is 0.854. The number of nitrogens with zero attached hydrogens (tertiary/aromatic N) is 2. The number of aryl methyl sites for hydroxylation is 1. The Kier molecular flexibility index (Phi) is 6.21. The minimum atomic E-state index is 0.854. The van der Waals surface area contributed by atoms with E-state index in [0.29, 0.717) is 0 Å². The first kappa shape index (κ1) is 16.0. The van der Waals surface area contributed by atoms with Gasteiger partial charge >= 0.3 is 0 Å². The Morgan fingerprint density at radius 2 is 2.00 bits per heavy atom. The molecule has 0 fully saturated rings. The first-order valence-corrected chi connectivity index (χ1v) is 8.55. The van der Waals surface area contributed by atoms with Crippen molar-refractivity contribution >= 4 is 17.0 Å². The fraction of sp³-hybridized carbons (Fsp3) is 0.471. The second-order valence-electron chi connectivity index (χ2n) is 5.09. The normalized spacial score (nSPS) is 11.0. The van der Waals surface area contributed by atoms with Crippen molar-refractivity contribution in [2.45, 2.75) is 40.3 Å². The van der Waals surface area contributed by atoms with E-state index in [1.54, 1.807) is 11.3 Å². The minimum Gasteiger partial charge on any atom is -0.380 e. The van der Waals surface area contributed by atoms with E-state index in [9.17, 15) is 0 Å². The quantitative estimate of drug-likeness (QED) is 0.793. The van der Waals surface area contributed by atoms with E-state index in [4.69, 9.17) is 0 Å². The molecule has 0 amide bonds. The molecule has 1 aromatic heterocycles. The number of thiazole rings is 1.